The van der Waals surface area contributed by atoms with Gasteiger partial charge in [0.1, 0.15) is 0 Å². The van der Waals surface area contributed by atoms with E-state index in [0.717, 1.165) is 70.7 Å². The minimum Gasteiger partial charge on any atom is -0.870 e. The molecular formula is C30H84N6Na2O18S2-2. The maximum Gasteiger partial charge on any atom is 1.00 e. The Bertz CT molecular complexity index is 708. The van der Waals surface area contributed by atoms with Gasteiger partial charge in [0.15, 0.2) is 0 Å². The van der Waals surface area contributed by atoms with Crippen LogP contribution in [-0.4, -0.2) is 208 Å². The van der Waals surface area contributed by atoms with Crippen LogP contribution in [0.25, 0.3) is 0 Å². The second-order valence-corrected chi connectivity index (χ2v) is 12.3. The molecule has 0 saturated heterocycles. The predicted molar refractivity (Wildman–Crippen MR) is 216 cm³/mol. The number of hydrogen-bond acceptors (Lipinski definition) is 24. The Morgan fingerprint density at radius 2 is 0.707 bits per heavy atom. The van der Waals surface area contributed by atoms with E-state index in [-0.39, 0.29) is 136 Å². The van der Waals surface area contributed by atoms with Crippen molar-refractivity contribution in [2.45, 2.75) is 38.5 Å². The zero-order valence-electron chi connectivity index (χ0n) is 35.9. The Balaban J connectivity index is -0.0000000363. The smallest absolute Gasteiger partial charge is 0.870 e. The molecule has 0 fully saturated rings. The number of nitrogens with two attached hydrogens (primary N) is 5. The summed E-state index contributed by atoms with van der Waals surface area (Å²) in [5.74, 6) is 0. The minimum absolute atomic E-state index is 0. The first-order valence-corrected chi connectivity index (χ1v) is 20.5. The van der Waals surface area contributed by atoms with Crippen molar-refractivity contribution in [3.63, 3.8) is 0 Å². The van der Waals surface area contributed by atoms with E-state index < -0.39 is 20.2 Å². The van der Waals surface area contributed by atoms with Crippen LogP contribution in [0.5, 0.6) is 0 Å². The van der Waals surface area contributed by atoms with Crippen molar-refractivity contribution in [1.82, 2.24) is 6.15 Å². The summed E-state index contributed by atoms with van der Waals surface area (Å²) in [6.07, 6.45) is 7.61. The van der Waals surface area contributed by atoms with Crippen LogP contribution in [-0.2, 0) is 42.8 Å². The van der Waals surface area contributed by atoms with Crippen LogP contribution in [0.2, 0.25) is 0 Å². The van der Waals surface area contributed by atoms with Gasteiger partial charge in [-0.05, 0) is 45.4 Å². The molecule has 0 saturated carbocycles. The van der Waals surface area contributed by atoms with Crippen LogP contribution < -0.4 is 93.9 Å². The summed E-state index contributed by atoms with van der Waals surface area (Å²) in [6.45, 7) is 12.9. The molecule has 0 radical (unpaired) electrons. The Hall–Kier alpha value is 1.10. The molecule has 0 aromatic carbocycles. The molecule has 0 aromatic rings. The fourth-order valence-corrected chi connectivity index (χ4v) is 2.39. The number of aliphatic hydroxyl groups excluding tert-OH is 7. The fourth-order valence-electron chi connectivity index (χ4n) is 1.64. The van der Waals surface area contributed by atoms with E-state index in [9.17, 15) is 16.8 Å². The van der Waals surface area contributed by atoms with Crippen LogP contribution >= 0.6 is 0 Å². The zero-order valence-corrected chi connectivity index (χ0v) is 41.5. The number of hydrogen-bond donors (Lipinski definition) is 13. The van der Waals surface area contributed by atoms with E-state index in [2.05, 4.69) is 22.2 Å². The standard InChI is InChI=1S/C6H15NO2.C5H13NO2.C4H11NO2.C4H10N.C3H8N.2C3H8O4S.C2H6O2.H3N.2Na.2H2O/c7-3-1-2-5-9-6-4-8;6-2-1-4-8-5-3-7;5-1-3-7-4-2-6;1-2-3-4-5;1-2-3-4;2*1-8(5,6)7-3-2-4;3-1-2-4;;;;;/h8H,1-7H2;7H,1-6H2;6H,1-5H2;1-5H2;1-4H2;2*4H,2-3H2,1H3;3-4H,1-2H2;1H3;;;2*1H2/q;;;2*-1;;;;;2*+1;;/p-2. The van der Waals surface area contributed by atoms with Gasteiger partial charge in [0.2, 0.25) is 0 Å². The summed E-state index contributed by atoms with van der Waals surface area (Å²) in [6, 6.07) is 0. The average Bonchev–Trinajstić information content (AvgIpc) is 3.13. The molecule has 0 amide bonds. The van der Waals surface area contributed by atoms with Gasteiger partial charge in [-0.3, -0.25) is 8.37 Å². The summed E-state index contributed by atoms with van der Waals surface area (Å²) in [5, 5.41) is 55.9. The number of unbranched alkanes of at least 4 members (excludes halogenated alkanes) is 2. The van der Waals surface area contributed by atoms with Crippen LogP contribution in [0.1, 0.15) is 38.5 Å². The quantitative estimate of drug-likeness (QED) is 0.0175. The summed E-state index contributed by atoms with van der Waals surface area (Å²) in [5.41, 5.74) is 25.5. The number of ether oxygens (including phenoxy) is 3. The second kappa shape index (κ2) is 97.4. The molecule has 0 bridgehead atoms. The van der Waals surface area contributed by atoms with Crippen molar-refractivity contribution in [1.29, 1.82) is 0 Å². The first-order valence-electron chi connectivity index (χ1n) is 16.9. The van der Waals surface area contributed by atoms with Gasteiger partial charge in [-0.1, -0.05) is 6.42 Å². The first-order chi connectivity index (χ1) is 25.1. The van der Waals surface area contributed by atoms with Crippen LogP contribution in [0, 0.1) is 13.8 Å². The molecule has 0 unspecified atom stereocenters. The van der Waals surface area contributed by atoms with Crippen LogP contribution in [0.3, 0.4) is 0 Å². The molecule has 0 aliphatic rings. The summed E-state index contributed by atoms with van der Waals surface area (Å²) < 4.78 is 63.1. The van der Waals surface area contributed by atoms with Crippen LogP contribution in [0.4, 0.5) is 0 Å². The first kappa shape index (κ1) is 93.9. The number of rotatable bonds is 25. The molecule has 0 atom stereocenters. The maximum absolute atomic E-state index is 10.1. The zero-order chi connectivity index (χ0) is 42.9. The van der Waals surface area contributed by atoms with Crippen molar-refractivity contribution in [3.05, 3.63) is 13.8 Å². The van der Waals surface area contributed by atoms with Crippen LogP contribution in [0.15, 0.2) is 0 Å². The Labute approximate surface area is 394 Å². The molecular weight excluding hydrogens is 842 g/mol. The Morgan fingerprint density at radius 1 is 0.414 bits per heavy atom. The third-order valence-electron chi connectivity index (χ3n) is 3.74. The molecule has 358 valence electrons. The van der Waals surface area contributed by atoms with Crippen molar-refractivity contribution in [3.8, 4) is 0 Å². The molecule has 58 heavy (non-hydrogen) atoms. The SMILES string of the molecule is CS(=O)(=O)OCCO.CS(=O)(=O)OCCO.N.NCCCCOCCO.NCCCOCCO.NCCOCCO.OCCO.[CH2-]CCCN.[CH2-]CCN.[Na+].[Na+].[OH-].[OH-]. The maximum atomic E-state index is 10.1. The summed E-state index contributed by atoms with van der Waals surface area (Å²) in [7, 11) is -6.69. The van der Waals surface area contributed by atoms with Gasteiger partial charge in [-0.2, -0.15) is 29.7 Å². The van der Waals surface area contributed by atoms with Gasteiger partial charge >= 0.3 is 59.1 Å². The van der Waals surface area contributed by atoms with Crippen molar-refractivity contribution in [2.24, 2.45) is 28.7 Å². The van der Waals surface area contributed by atoms with Gasteiger partial charge in [0, 0.05) is 19.8 Å². The molecule has 0 aliphatic carbocycles. The topological polar surface area (TPSA) is 481 Å². The van der Waals surface area contributed by atoms with Gasteiger partial charge in [0.25, 0.3) is 20.2 Å². The molecule has 0 spiro atoms. The Morgan fingerprint density at radius 3 is 0.879 bits per heavy atom. The van der Waals surface area contributed by atoms with Gasteiger partial charge in [-0.25, -0.2) is 0 Å². The monoisotopic (exact) mass is 927 g/mol. The van der Waals surface area contributed by atoms with Crippen molar-refractivity contribution < 1.29 is 145 Å². The van der Waals surface area contributed by atoms with E-state index >= 15 is 0 Å². The average molecular weight is 927 g/mol. The summed E-state index contributed by atoms with van der Waals surface area (Å²) in [4.78, 5) is 0. The van der Waals surface area contributed by atoms with Crippen molar-refractivity contribution in [2.75, 3.05) is 144 Å². The van der Waals surface area contributed by atoms with Crippen molar-refractivity contribution >= 4 is 20.2 Å². The van der Waals surface area contributed by atoms with E-state index in [1.54, 1.807) is 0 Å². The van der Waals surface area contributed by atoms with Gasteiger partial charge in [-0.15, -0.1) is 0 Å². The summed E-state index contributed by atoms with van der Waals surface area (Å²) >= 11 is 0. The fraction of sp³-hybridized carbons (Fsp3) is 0.933. The molecule has 0 aromatic heterocycles. The normalized spacial score (nSPS) is 9.03. The largest absolute Gasteiger partial charge is 1.00 e. The van der Waals surface area contributed by atoms with Gasteiger partial charge in [0.05, 0.1) is 98.4 Å². The number of aliphatic hydroxyl groups is 7. The molecule has 0 heterocycles. The Kier molecular flexibility index (Phi) is 158. The second-order valence-electron chi connectivity index (χ2n) is 9.02. The molecule has 24 nitrogen and oxygen atoms in total. The van der Waals surface area contributed by atoms with E-state index in [1.807, 2.05) is 0 Å². The molecule has 0 aliphatic heterocycles. The minimum atomic E-state index is -3.35. The van der Waals surface area contributed by atoms with E-state index in [0.29, 0.717) is 52.7 Å². The van der Waals surface area contributed by atoms with E-state index in [1.165, 1.54) is 0 Å². The van der Waals surface area contributed by atoms with E-state index in [4.69, 9.17) is 78.6 Å². The third kappa shape index (κ3) is 198. The van der Waals surface area contributed by atoms with Gasteiger partial charge < -0.3 is 110 Å². The molecule has 0 rings (SSSR count). The molecule has 28 heteroatoms. The molecule has 22 N–H and O–H groups in total. The third-order valence-corrected chi connectivity index (χ3v) is 4.93. The predicted octanol–water partition coefficient (Wildman–Crippen LogP) is -10.5.